The topological polar surface area (TPSA) is 71.7 Å². The SMILES string of the molecule is CCC(C(=O)O)n1c(=NC(=O)c2ccc(C)cc2)sc2cc(F)c(F)cc21. The van der Waals surface area contributed by atoms with Gasteiger partial charge in [0, 0.05) is 11.6 Å². The van der Waals surface area contributed by atoms with E-state index in [0.29, 0.717) is 10.3 Å². The molecule has 0 aliphatic rings. The van der Waals surface area contributed by atoms with Gasteiger partial charge in [0.25, 0.3) is 5.91 Å². The summed E-state index contributed by atoms with van der Waals surface area (Å²) >= 11 is 0.939. The Morgan fingerprint density at radius 3 is 2.41 bits per heavy atom. The van der Waals surface area contributed by atoms with E-state index in [1.807, 2.05) is 6.92 Å². The number of carboxylic acid groups (broad SMARTS) is 1. The first kappa shape index (κ1) is 18.9. The Morgan fingerprint density at radius 2 is 1.81 bits per heavy atom. The maximum atomic E-state index is 13.7. The molecular formula is C19H16F2N2O3S. The van der Waals surface area contributed by atoms with Gasteiger partial charge < -0.3 is 9.67 Å². The van der Waals surface area contributed by atoms with Crippen LogP contribution in [0.4, 0.5) is 8.78 Å². The summed E-state index contributed by atoms with van der Waals surface area (Å²) in [6.07, 6.45) is 0.187. The average Bonchev–Trinajstić information content (AvgIpc) is 2.93. The molecule has 0 fully saturated rings. The van der Waals surface area contributed by atoms with Crippen molar-refractivity contribution in [3.8, 4) is 0 Å². The third-order valence-corrected chi connectivity index (χ3v) is 5.17. The first-order chi connectivity index (χ1) is 12.8. The number of halogens is 2. The molecule has 1 atom stereocenters. The Bertz CT molecular complexity index is 1100. The van der Waals surface area contributed by atoms with Crippen molar-refractivity contribution in [1.29, 1.82) is 0 Å². The zero-order chi connectivity index (χ0) is 19.7. The number of aromatic nitrogens is 1. The van der Waals surface area contributed by atoms with Crippen LogP contribution in [-0.2, 0) is 4.79 Å². The third kappa shape index (κ3) is 3.66. The predicted octanol–water partition coefficient (Wildman–Crippen LogP) is 4.07. The molecule has 1 N–H and O–H groups in total. The van der Waals surface area contributed by atoms with Gasteiger partial charge >= 0.3 is 5.97 Å². The number of rotatable bonds is 4. The van der Waals surface area contributed by atoms with E-state index in [2.05, 4.69) is 4.99 Å². The molecule has 0 spiro atoms. The van der Waals surface area contributed by atoms with Crippen molar-refractivity contribution in [3.05, 3.63) is 64.0 Å². The summed E-state index contributed by atoms with van der Waals surface area (Å²) in [4.78, 5) is 28.3. The largest absolute Gasteiger partial charge is 0.480 e. The van der Waals surface area contributed by atoms with Crippen molar-refractivity contribution >= 4 is 33.4 Å². The van der Waals surface area contributed by atoms with Crippen LogP contribution in [0.2, 0.25) is 0 Å². The summed E-state index contributed by atoms with van der Waals surface area (Å²) < 4.78 is 28.9. The fourth-order valence-electron chi connectivity index (χ4n) is 2.73. The molecule has 0 bridgehead atoms. The van der Waals surface area contributed by atoms with Gasteiger partial charge in [0.15, 0.2) is 16.4 Å². The molecule has 1 aromatic heterocycles. The zero-order valence-corrected chi connectivity index (χ0v) is 15.4. The number of carbonyl (C=O) groups excluding carboxylic acids is 1. The van der Waals surface area contributed by atoms with Crippen LogP contribution in [0.1, 0.15) is 35.3 Å². The minimum Gasteiger partial charge on any atom is -0.480 e. The number of thiazole rings is 1. The summed E-state index contributed by atoms with van der Waals surface area (Å²) in [5.74, 6) is -3.84. The van der Waals surface area contributed by atoms with Crippen LogP contribution in [0, 0.1) is 18.6 Å². The minimum absolute atomic E-state index is 0.0785. The summed E-state index contributed by atoms with van der Waals surface area (Å²) in [5.41, 5.74) is 1.50. The van der Waals surface area contributed by atoms with Gasteiger partial charge in [0.2, 0.25) is 0 Å². The molecule has 0 saturated heterocycles. The van der Waals surface area contributed by atoms with Crippen LogP contribution in [0.5, 0.6) is 0 Å². The van der Waals surface area contributed by atoms with E-state index in [9.17, 15) is 23.5 Å². The summed E-state index contributed by atoms with van der Waals surface area (Å²) in [7, 11) is 0. The lowest BCUT2D eigenvalue weighted by Gasteiger charge is -2.13. The highest BCUT2D eigenvalue weighted by Crippen LogP contribution is 2.25. The first-order valence-electron chi connectivity index (χ1n) is 8.20. The standard InChI is InChI=1S/C19H16F2N2O3S/c1-3-14(18(25)26)23-15-8-12(20)13(21)9-16(15)27-19(23)22-17(24)11-6-4-10(2)5-7-11/h4-9,14H,3H2,1-2H3,(H,25,26). The number of benzene rings is 2. The monoisotopic (exact) mass is 390 g/mol. The number of carbonyl (C=O) groups is 2. The van der Waals surface area contributed by atoms with E-state index in [1.165, 1.54) is 4.57 Å². The molecule has 3 rings (SSSR count). The van der Waals surface area contributed by atoms with Crippen LogP contribution in [-0.4, -0.2) is 21.6 Å². The fourth-order valence-corrected chi connectivity index (χ4v) is 3.81. The Morgan fingerprint density at radius 1 is 1.19 bits per heavy atom. The molecule has 2 aromatic carbocycles. The van der Waals surface area contributed by atoms with Gasteiger partial charge in [-0.25, -0.2) is 13.6 Å². The number of aryl methyl sites for hydroxylation is 1. The molecule has 1 unspecified atom stereocenters. The Labute approximate surface area is 157 Å². The predicted molar refractivity (Wildman–Crippen MR) is 97.8 cm³/mol. The number of hydrogen-bond acceptors (Lipinski definition) is 3. The third-order valence-electron chi connectivity index (χ3n) is 4.15. The number of nitrogens with zero attached hydrogens (tertiary/aromatic N) is 2. The number of amides is 1. The van der Waals surface area contributed by atoms with Crippen molar-refractivity contribution in [3.63, 3.8) is 0 Å². The lowest BCUT2D eigenvalue weighted by molar-refractivity contribution is -0.140. The molecule has 1 amide bonds. The van der Waals surface area contributed by atoms with Gasteiger partial charge in [-0.2, -0.15) is 4.99 Å². The highest BCUT2D eigenvalue weighted by molar-refractivity contribution is 7.16. The van der Waals surface area contributed by atoms with Gasteiger partial charge in [0.05, 0.1) is 10.2 Å². The van der Waals surface area contributed by atoms with Crippen LogP contribution < -0.4 is 4.80 Å². The number of fused-ring (bicyclic) bond motifs is 1. The molecular weight excluding hydrogens is 374 g/mol. The second-order valence-corrected chi connectivity index (χ2v) is 7.04. The highest BCUT2D eigenvalue weighted by atomic mass is 32.1. The van der Waals surface area contributed by atoms with Gasteiger partial charge in [-0.3, -0.25) is 4.79 Å². The molecule has 3 aromatic rings. The van der Waals surface area contributed by atoms with E-state index in [0.717, 1.165) is 29.0 Å². The Hall–Kier alpha value is -2.87. The highest BCUT2D eigenvalue weighted by Gasteiger charge is 2.23. The molecule has 0 radical (unpaired) electrons. The minimum atomic E-state index is -1.15. The Kier molecular flexibility index (Phi) is 5.18. The van der Waals surface area contributed by atoms with E-state index in [-0.39, 0.29) is 16.7 Å². The quantitative estimate of drug-likeness (QED) is 0.730. The van der Waals surface area contributed by atoms with Gasteiger partial charge in [0.1, 0.15) is 6.04 Å². The second kappa shape index (κ2) is 7.40. The van der Waals surface area contributed by atoms with Crippen molar-refractivity contribution in [1.82, 2.24) is 4.57 Å². The molecule has 0 aliphatic carbocycles. The number of carboxylic acids is 1. The normalized spacial score (nSPS) is 13.1. The van der Waals surface area contributed by atoms with Crippen LogP contribution >= 0.6 is 11.3 Å². The molecule has 8 heteroatoms. The van der Waals surface area contributed by atoms with Crippen LogP contribution in [0.3, 0.4) is 0 Å². The molecule has 140 valence electrons. The summed E-state index contributed by atoms with van der Waals surface area (Å²) in [6.45, 7) is 3.54. The smallest absolute Gasteiger partial charge is 0.326 e. The van der Waals surface area contributed by atoms with Crippen molar-refractivity contribution < 1.29 is 23.5 Å². The van der Waals surface area contributed by atoms with Crippen LogP contribution in [0.25, 0.3) is 10.2 Å². The molecule has 5 nitrogen and oxygen atoms in total. The van der Waals surface area contributed by atoms with Gasteiger partial charge in [-0.05, 0) is 31.5 Å². The van der Waals surface area contributed by atoms with E-state index < -0.39 is 29.6 Å². The maximum absolute atomic E-state index is 13.7. The lowest BCUT2D eigenvalue weighted by Crippen LogP contribution is -2.27. The number of aliphatic carboxylic acids is 1. The molecule has 0 saturated carbocycles. The first-order valence-corrected chi connectivity index (χ1v) is 9.02. The van der Waals surface area contributed by atoms with Gasteiger partial charge in [-0.1, -0.05) is 36.0 Å². The second-order valence-electron chi connectivity index (χ2n) is 6.03. The maximum Gasteiger partial charge on any atom is 0.326 e. The zero-order valence-electron chi connectivity index (χ0n) is 14.6. The molecule has 27 heavy (non-hydrogen) atoms. The Balaban J connectivity index is 2.26. The summed E-state index contributed by atoms with van der Waals surface area (Å²) in [5, 5.41) is 9.52. The van der Waals surface area contributed by atoms with E-state index in [4.69, 9.17) is 0 Å². The average molecular weight is 390 g/mol. The number of hydrogen-bond donors (Lipinski definition) is 1. The lowest BCUT2D eigenvalue weighted by atomic mass is 10.1. The van der Waals surface area contributed by atoms with E-state index >= 15 is 0 Å². The van der Waals surface area contributed by atoms with Crippen molar-refractivity contribution in [2.24, 2.45) is 4.99 Å². The van der Waals surface area contributed by atoms with E-state index in [1.54, 1.807) is 31.2 Å². The van der Waals surface area contributed by atoms with Gasteiger partial charge in [-0.15, -0.1) is 0 Å². The molecule has 0 aliphatic heterocycles. The molecule has 1 heterocycles. The summed E-state index contributed by atoms with van der Waals surface area (Å²) in [6, 6.07) is 7.61. The van der Waals surface area contributed by atoms with Crippen molar-refractivity contribution in [2.45, 2.75) is 26.3 Å². The van der Waals surface area contributed by atoms with Crippen molar-refractivity contribution in [2.75, 3.05) is 0 Å². The fraction of sp³-hybridized carbons (Fsp3) is 0.211. The van der Waals surface area contributed by atoms with Crippen LogP contribution in [0.15, 0.2) is 41.4 Å².